The molecule has 0 bridgehead atoms. The van der Waals surface area contributed by atoms with Crippen LogP contribution >= 0.6 is 0 Å². The standard InChI is InChI=1S/C15H22N4/c1-4-10(2)9-11(3)17-15-14(16)18-12-7-5-6-8-13(12)19-15/h5-8,10-11H,4,9H2,1-3H3,(H2,16,18)(H,17,19). The molecule has 4 heteroatoms. The quantitative estimate of drug-likeness (QED) is 0.862. The number of nitrogens with one attached hydrogen (secondary N) is 1. The Morgan fingerprint density at radius 2 is 1.79 bits per heavy atom. The van der Waals surface area contributed by atoms with Crippen LogP contribution in [-0.2, 0) is 0 Å². The molecular weight excluding hydrogens is 236 g/mol. The molecule has 4 nitrogen and oxygen atoms in total. The van der Waals surface area contributed by atoms with Gasteiger partial charge in [0.15, 0.2) is 11.6 Å². The summed E-state index contributed by atoms with van der Waals surface area (Å²) >= 11 is 0. The summed E-state index contributed by atoms with van der Waals surface area (Å²) in [5.41, 5.74) is 7.67. The van der Waals surface area contributed by atoms with Crippen molar-refractivity contribution in [3.8, 4) is 0 Å². The largest absolute Gasteiger partial charge is 0.381 e. The lowest BCUT2D eigenvalue weighted by molar-refractivity contribution is 0.483. The van der Waals surface area contributed by atoms with Gasteiger partial charge in [0, 0.05) is 6.04 Å². The Morgan fingerprint density at radius 3 is 2.42 bits per heavy atom. The fourth-order valence-electron chi connectivity index (χ4n) is 2.18. The summed E-state index contributed by atoms with van der Waals surface area (Å²) in [6.45, 7) is 6.62. The van der Waals surface area contributed by atoms with Crippen LogP contribution in [0.5, 0.6) is 0 Å². The Hall–Kier alpha value is -1.84. The molecule has 0 spiro atoms. The van der Waals surface area contributed by atoms with Crippen LogP contribution in [0.3, 0.4) is 0 Å². The van der Waals surface area contributed by atoms with E-state index in [4.69, 9.17) is 5.73 Å². The van der Waals surface area contributed by atoms with Gasteiger partial charge in [0.2, 0.25) is 0 Å². The Morgan fingerprint density at radius 1 is 1.16 bits per heavy atom. The lowest BCUT2D eigenvalue weighted by Crippen LogP contribution is -2.20. The van der Waals surface area contributed by atoms with Crippen molar-refractivity contribution in [2.24, 2.45) is 5.92 Å². The van der Waals surface area contributed by atoms with Crippen LogP contribution in [0.2, 0.25) is 0 Å². The first-order valence-corrected chi connectivity index (χ1v) is 6.89. The number of nitrogen functional groups attached to an aromatic ring is 1. The molecule has 0 saturated heterocycles. The average molecular weight is 258 g/mol. The number of hydrogen-bond acceptors (Lipinski definition) is 4. The summed E-state index contributed by atoms with van der Waals surface area (Å²) in [7, 11) is 0. The maximum Gasteiger partial charge on any atom is 0.169 e. The Kier molecular flexibility index (Phi) is 4.20. The zero-order valence-electron chi connectivity index (χ0n) is 11.9. The Labute approximate surface area is 114 Å². The lowest BCUT2D eigenvalue weighted by Gasteiger charge is -2.19. The van der Waals surface area contributed by atoms with Crippen LogP contribution in [0.1, 0.15) is 33.6 Å². The molecule has 0 radical (unpaired) electrons. The molecule has 0 fully saturated rings. The van der Waals surface area contributed by atoms with E-state index in [0.29, 0.717) is 23.6 Å². The molecule has 2 atom stereocenters. The van der Waals surface area contributed by atoms with Gasteiger partial charge in [0.05, 0.1) is 11.0 Å². The summed E-state index contributed by atoms with van der Waals surface area (Å²) in [4.78, 5) is 8.93. The third-order valence-electron chi connectivity index (χ3n) is 3.43. The number of fused-ring (bicyclic) bond motifs is 1. The second kappa shape index (κ2) is 5.87. The average Bonchev–Trinajstić information content (AvgIpc) is 2.39. The van der Waals surface area contributed by atoms with Crippen molar-refractivity contribution in [2.45, 2.75) is 39.7 Å². The van der Waals surface area contributed by atoms with Crippen molar-refractivity contribution in [3.63, 3.8) is 0 Å². The van der Waals surface area contributed by atoms with Crippen LogP contribution in [0.4, 0.5) is 11.6 Å². The third-order valence-corrected chi connectivity index (χ3v) is 3.43. The number of nitrogens with two attached hydrogens (primary N) is 1. The second-order valence-corrected chi connectivity index (χ2v) is 5.24. The van der Waals surface area contributed by atoms with Gasteiger partial charge in [-0.15, -0.1) is 0 Å². The zero-order chi connectivity index (χ0) is 13.8. The molecule has 0 aliphatic carbocycles. The van der Waals surface area contributed by atoms with Gasteiger partial charge in [-0.2, -0.15) is 0 Å². The number of para-hydroxylation sites is 2. The van der Waals surface area contributed by atoms with Gasteiger partial charge in [-0.05, 0) is 31.4 Å². The normalized spacial score (nSPS) is 14.3. The van der Waals surface area contributed by atoms with Crippen molar-refractivity contribution >= 4 is 22.7 Å². The minimum atomic E-state index is 0.340. The van der Waals surface area contributed by atoms with E-state index in [2.05, 4.69) is 36.1 Å². The first-order chi connectivity index (χ1) is 9.10. The molecule has 0 amide bonds. The molecule has 2 aromatic rings. The summed E-state index contributed by atoms with van der Waals surface area (Å²) in [5, 5.41) is 3.37. The van der Waals surface area contributed by atoms with E-state index in [1.54, 1.807) is 0 Å². The number of rotatable bonds is 5. The van der Waals surface area contributed by atoms with Gasteiger partial charge in [-0.25, -0.2) is 9.97 Å². The zero-order valence-corrected chi connectivity index (χ0v) is 11.9. The Bertz CT molecular complexity index is 553. The van der Waals surface area contributed by atoms with Crippen molar-refractivity contribution in [2.75, 3.05) is 11.1 Å². The summed E-state index contributed by atoms with van der Waals surface area (Å²) in [6.07, 6.45) is 2.29. The molecule has 0 aliphatic heterocycles. The molecular formula is C15H22N4. The molecule has 2 unspecified atom stereocenters. The summed E-state index contributed by atoms with van der Waals surface area (Å²) in [6, 6.07) is 8.11. The van der Waals surface area contributed by atoms with Gasteiger partial charge in [0.1, 0.15) is 0 Å². The number of benzene rings is 1. The number of hydrogen-bond donors (Lipinski definition) is 2. The van der Waals surface area contributed by atoms with Crippen LogP contribution in [0, 0.1) is 5.92 Å². The van der Waals surface area contributed by atoms with Gasteiger partial charge < -0.3 is 11.1 Å². The van der Waals surface area contributed by atoms with Crippen molar-refractivity contribution < 1.29 is 0 Å². The molecule has 1 aromatic heterocycles. The van der Waals surface area contributed by atoms with E-state index >= 15 is 0 Å². The van der Waals surface area contributed by atoms with Crippen molar-refractivity contribution in [1.29, 1.82) is 0 Å². The van der Waals surface area contributed by atoms with Crippen LogP contribution < -0.4 is 11.1 Å². The molecule has 1 heterocycles. The Balaban J connectivity index is 2.18. The minimum absolute atomic E-state index is 0.340. The first-order valence-electron chi connectivity index (χ1n) is 6.89. The van der Waals surface area contributed by atoms with Crippen molar-refractivity contribution in [1.82, 2.24) is 9.97 Å². The highest BCUT2D eigenvalue weighted by atomic mass is 15.1. The van der Waals surface area contributed by atoms with Gasteiger partial charge in [0.25, 0.3) is 0 Å². The molecule has 0 saturated carbocycles. The van der Waals surface area contributed by atoms with E-state index in [0.717, 1.165) is 17.5 Å². The van der Waals surface area contributed by atoms with E-state index in [1.807, 2.05) is 24.3 Å². The summed E-state index contributed by atoms with van der Waals surface area (Å²) < 4.78 is 0. The number of anilines is 2. The third kappa shape index (κ3) is 3.34. The maximum atomic E-state index is 5.96. The van der Waals surface area contributed by atoms with Gasteiger partial charge >= 0.3 is 0 Å². The van der Waals surface area contributed by atoms with Crippen molar-refractivity contribution in [3.05, 3.63) is 24.3 Å². The number of aromatic nitrogens is 2. The fourth-order valence-corrected chi connectivity index (χ4v) is 2.18. The highest BCUT2D eigenvalue weighted by Crippen LogP contribution is 2.20. The smallest absolute Gasteiger partial charge is 0.169 e. The van der Waals surface area contributed by atoms with E-state index in [-0.39, 0.29) is 0 Å². The van der Waals surface area contributed by atoms with Gasteiger partial charge in [-0.1, -0.05) is 32.4 Å². The highest BCUT2D eigenvalue weighted by molar-refractivity contribution is 5.79. The van der Waals surface area contributed by atoms with Crippen LogP contribution in [0.15, 0.2) is 24.3 Å². The van der Waals surface area contributed by atoms with Crippen LogP contribution in [0.25, 0.3) is 11.0 Å². The SMILES string of the molecule is CCC(C)CC(C)Nc1nc2ccccc2nc1N. The predicted octanol–water partition coefficient (Wildman–Crippen LogP) is 3.45. The van der Waals surface area contributed by atoms with E-state index in [1.165, 1.54) is 6.42 Å². The monoisotopic (exact) mass is 258 g/mol. The minimum Gasteiger partial charge on any atom is -0.381 e. The predicted molar refractivity (Wildman–Crippen MR) is 81.1 cm³/mol. The fraction of sp³-hybridized carbons (Fsp3) is 0.467. The second-order valence-electron chi connectivity index (χ2n) is 5.24. The molecule has 3 N–H and O–H groups in total. The molecule has 102 valence electrons. The molecule has 2 rings (SSSR count). The first kappa shape index (κ1) is 13.6. The molecule has 0 aliphatic rings. The highest BCUT2D eigenvalue weighted by Gasteiger charge is 2.11. The molecule has 1 aromatic carbocycles. The molecule has 19 heavy (non-hydrogen) atoms. The van der Waals surface area contributed by atoms with E-state index in [9.17, 15) is 0 Å². The summed E-state index contributed by atoms with van der Waals surface area (Å²) in [5.74, 6) is 1.85. The van der Waals surface area contributed by atoms with E-state index < -0.39 is 0 Å². The topological polar surface area (TPSA) is 63.8 Å². The number of nitrogens with zero attached hydrogens (tertiary/aromatic N) is 2. The van der Waals surface area contributed by atoms with Gasteiger partial charge in [-0.3, -0.25) is 0 Å². The van der Waals surface area contributed by atoms with Crippen LogP contribution in [-0.4, -0.2) is 16.0 Å². The lowest BCUT2D eigenvalue weighted by atomic mass is 10.0. The maximum absolute atomic E-state index is 5.96.